The molecule has 0 spiro atoms. The number of urea groups is 1. The van der Waals surface area contributed by atoms with Crippen molar-refractivity contribution in [2.45, 2.75) is 12.5 Å². The maximum atomic E-state index is 11.6. The van der Waals surface area contributed by atoms with Gasteiger partial charge in [-0.3, -0.25) is 0 Å². The van der Waals surface area contributed by atoms with Gasteiger partial charge >= 0.3 is 6.03 Å². The first-order valence-electron chi connectivity index (χ1n) is 5.37. The van der Waals surface area contributed by atoms with Crippen LogP contribution in [-0.2, 0) is 6.42 Å². The quantitative estimate of drug-likeness (QED) is 0.655. The highest BCUT2D eigenvalue weighted by Gasteiger charge is 2.35. The SMILES string of the molecule is [2H]N1CC2c3ccccc3CCN2C1=O. The van der Waals surface area contributed by atoms with E-state index in [9.17, 15) is 4.79 Å². The van der Waals surface area contributed by atoms with E-state index in [4.69, 9.17) is 1.41 Å². The third-order valence-corrected chi connectivity index (χ3v) is 3.06. The van der Waals surface area contributed by atoms with Crippen molar-refractivity contribution in [1.29, 1.82) is 0 Å². The van der Waals surface area contributed by atoms with E-state index in [0.29, 0.717) is 6.54 Å². The van der Waals surface area contributed by atoms with Gasteiger partial charge in [-0.2, -0.15) is 0 Å². The van der Waals surface area contributed by atoms with Crippen LogP contribution in [0.25, 0.3) is 0 Å². The van der Waals surface area contributed by atoms with Crippen molar-refractivity contribution in [3.63, 3.8) is 0 Å². The van der Waals surface area contributed by atoms with E-state index >= 15 is 0 Å². The van der Waals surface area contributed by atoms with Crippen LogP contribution in [0, 0.1) is 0 Å². The first kappa shape index (κ1) is 6.87. The lowest BCUT2D eigenvalue weighted by Gasteiger charge is -2.30. The molecule has 1 fully saturated rings. The molecule has 1 N–H and O–H groups in total. The van der Waals surface area contributed by atoms with Crippen molar-refractivity contribution in [3.05, 3.63) is 35.4 Å². The van der Waals surface area contributed by atoms with Gasteiger partial charge in [-0.05, 0) is 17.5 Å². The molecule has 14 heavy (non-hydrogen) atoms. The first-order chi connectivity index (χ1) is 7.27. The third-order valence-electron chi connectivity index (χ3n) is 3.06. The summed E-state index contributed by atoms with van der Waals surface area (Å²) in [4.78, 5) is 13.4. The Hall–Kier alpha value is -1.51. The summed E-state index contributed by atoms with van der Waals surface area (Å²) in [6.45, 7) is 1.24. The molecule has 0 bridgehead atoms. The molecule has 0 radical (unpaired) electrons. The Bertz CT molecular complexity index is 421. The normalized spacial score (nSPS) is 25.9. The van der Waals surface area contributed by atoms with E-state index in [0.717, 1.165) is 18.3 Å². The molecule has 2 heterocycles. The molecule has 3 rings (SSSR count). The predicted octanol–water partition coefficient (Wildman–Crippen LogP) is 1.31. The van der Waals surface area contributed by atoms with Crippen molar-refractivity contribution in [3.8, 4) is 0 Å². The number of amides is 2. The number of benzene rings is 1. The number of hydrogen-bond acceptors (Lipinski definition) is 1. The number of rotatable bonds is 0. The lowest BCUT2D eigenvalue weighted by Crippen LogP contribution is -2.35. The van der Waals surface area contributed by atoms with Gasteiger partial charge in [-0.25, -0.2) is 4.79 Å². The van der Waals surface area contributed by atoms with E-state index in [1.165, 1.54) is 11.1 Å². The van der Waals surface area contributed by atoms with Crippen LogP contribution in [-0.4, -0.2) is 24.0 Å². The van der Waals surface area contributed by atoms with E-state index in [-0.39, 0.29) is 12.1 Å². The molecule has 1 saturated heterocycles. The van der Waals surface area contributed by atoms with Gasteiger partial charge in [0.1, 0.15) is 0 Å². The summed E-state index contributed by atoms with van der Waals surface area (Å²) in [6, 6.07) is 8.15. The Morgan fingerprint density at radius 2 is 2.36 bits per heavy atom. The minimum atomic E-state index is -0.158. The molecule has 2 aliphatic heterocycles. The molecule has 2 amide bonds. The van der Waals surface area contributed by atoms with Gasteiger partial charge in [0.15, 0.2) is 1.41 Å². The van der Waals surface area contributed by atoms with Crippen LogP contribution >= 0.6 is 0 Å². The second kappa shape index (κ2) is 2.74. The summed E-state index contributed by atoms with van der Waals surface area (Å²) in [5, 5.41) is 1.06. The molecule has 0 aliphatic carbocycles. The fraction of sp³-hybridized carbons (Fsp3) is 0.364. The second-order valence-electron chi connectivity index (χ2n) is 3.78. The average Bonchev–Trinajstić information content (AvgIpc) is 2.56. The van der Waals surface area contributed by atoms with Gasteiger partial charge in [0, 0.05) is 13.1 Å². The predicted molar refractivity (Wildman–Crippen MR) is 53.0 cm³/mol. The van der Waals surface area contributed by atoms with Gasteiger partial charge in [0.25, 0.3) is 0 Å². The first-order valence-corrected chi connectivity index (χ1v) is 4.92. The summed E-state index contributed by atoms with van der Waals surface area (Å²) in [6.07, 6.45) is 0.909. The Morgan fingerprint density at radius 1 is 1.50 bits per heavy atom. The second-order valence-corrected chi connectivity index (χ2v) is 3.78. The van der Waals surface area contributed by atoms with Crippen LogP contribution in [0.3, 0.4) is 0 Å². The maximum Gasteiger partial charge on any atom is 0.318 e. The highest BCUT2D eigenvalue weighted by Crippen LogP contribution is 2.31. The lowest BCUT2D eigenvalue weighted by molar-refractivity contribution is 0.201. The molecule has 3 heteroatoms. The van der Waals surface area contributed by atoms with Crippen LogP contribution in [0.15, 0.2) is 24.3 Å². The summed E-state index contributed by atoms with van der Waals surface area (Å²) in [7, 11) is 0. The number of carbonyl (C=O) groups is 1. The topological polar surface area (TPSA) is 32.3 Å². The molecule has 1 aromatic rings. The number of nitrogens with one attached hydrogen (secondary N) is 1. The molecule has 1 unspecified atom stereocenters. The zero-order chi connectivity index (χ0) is 10.4. The highest BCUT2D eigenvalue weighted by atomic mass is 16.2. The minimum Gasteiger partial charge on any atom is -0.336 e. The Morgan fingerprint density at radius 3 is 3.29 bits per heavy atom. The monoisotopic (exact) mass is 189 g/mol. The van der Waals surface area contributed by atoms with Gasteiger partial charge in [-0.1, -0.05) is 24.3 Å². The number of nitrogens with zero attached hydrogens (tertiary/aromatic N) is 1. The zero-order valence-corrected chi connectivity index (χ0v) is 7.81. The summed E-state index contributed by atoms with van der Waals surface area (Å²) < 4.78 is 7.52. The van der Waals surface area contributed by atoms with E-state index in [2.05, 4.69) is 12.1 Å². The van der Waals surface area contributed by atoms with Gasteiger partial charge in [-0.15, -0.1) is 0 Å². The van der Waals surface area contributed by atoms with E-state index in [1.807, 2.05) is 12.1 Å². The summed E-state index contributed by atoms with van der Waals surface area (Å²) in [5.74, 6) is 0. The average molecular weight is 189 g/mol. The number of fused-ring (bicyclic) bond motifs is 3. The molecule has 1 atom stereocenters. The van der Waals surface area contributed by atoms with Crippen LogP contribution in [0.4, 0.5) is 4.79 Å². The molecular formula is C11H12N2O. The Labute approximate surface area is 84.2 Å². The fourth-order valence-corrected chi connectivity index (χ4v) is 2.33. The Balaban J connectivity index is 2.05. The molecular weight excluding hydrogens is 176 g/mol. The van der Waals surface area contributed by atoms with Crippen LogP contribution in [0.2, 0.25) is 1.41 Å². The van der Waals surface area contributed by atoms with Crippen molar-refractivity contribution in [2.75, 3.05) is 13.1 Å². The molecule has 72 valence electrons. The van der Waals surface area contributed by atoms with Crippen molar-refractivity contribution < 1.29 is 6.21 Å². The lowest BCUT2D eigenvalue weighted by atomic mass is 9.94. The van der Waals surface area contributed by atoms with Gasteiger partial charge in [0.2, 0.25) is 0 Å². The van der Waals surface area contributed by atoms with E-state index < -0.39 is 0 Å². The summed E-state index contributed by atoms with van der Waals surface area (Å²) >= 11 is 0. The van der Waals surface area contributed by atoms with Crippen molar-refractivity contribution in [1.82, 2.24) is 10.2 Å². The van der Waals surface area contributed by atoms with Crippen molar-refractivity contribution in [2.24, 2.45) is 0 Å². The standard InChI is InChI=1S/C11H12N2O/c14-11-12-7-10-9-4-2-1-3-8(9)5-6-13(10)11/h1-4,10H,5-7H2,(H,12,14)/i/hD. The van der Waals surface area contributed by atoms with Crippen LogP contribution in [0.1, 0.15) is 17.2 Å². The van der Waals surface area contributed by atoms with E-state index in [1.54, 1.807) is 4.90 Å². The minimum absolute atomic E-state index is 0.0972. The van der Waals surface area contributed by atoms with Crippen molar-refractivity contribution >= 4 is 6.03 Å². The van der Waals surface area contributed by atoms with Gasteiger partial charge in [0.05, 0.1) is 6.04 Å². The molecule has 1 aromatic carbocycles. The Kier molecular flexibility index (Phi) is 1.34. The van der Waals surface area contributed by atoms with Crippen LogP contribution < -0.4 is 5.31 Å². The van der Waals surface area contributed by atoms with Crippen LogP contribution in [0.5, 0.6) is 0 Å². The largest absolute Gasteiger partial charge is 0.336 e. The van der Waals surface area contributed by atoms with Gasteiger partial charge < -0.3 is 10.2 Å². The highest BCUT2D eigenvalue weighted by molar-refractivity contribution is 5.77. The molecule has 0 aromatic heterocycles. The number of carbonyl (C=O) groups excluding carboxylic acids is 1. The smallest absolute Gasteiger partial charge is 0.318 e. The molecule has 0 saturated carbocycles. The fourth-order valence-electron chi connectivity index (χ4n) is 2.33. The zero-order valence-electron chi connectivity index (χ0n) is 8.81. The molecule has 2 aliphatic rings. The molecule has 3 nitrogen and oxygen atoms in total. The number of hydrogen-bond donors (Lipinski definition) is 1. The summed E-state index contributed by atoms with van der Waals surface area (Å²) in [5.41, 5.74) is 2.54. The maximum absolute atomic E-state index is 11.6. The third kappa shape index (κ3) is 0.953.